The number of terminal acetylenes is 1. The Morgan fingerprint density at radius 3 is 2.40 bits per heavy atom. The smallest absolute Gasteiger partial charge is 0.345 e. The van der Waals surface area contributed by atoms with Crippen molar-refractivity contribution >= 4 is 44.7 Å². The molecule has 2 aliphatic heterocycles. The molecule has 3 aliphatic rings. The van der Waals surface area contributed by atoms with Crippen LogP contribution in [0.2, 0.25) is 0 Å². The Morgan fingerprint density at radius 1 is 0.974 bits per heavy atom. The van der Waals surface area contributed by atoms with Crippen LogP contribution in [0, 0.1) is 24.1 Å². The van der Waals surface area contributed by atoms with Crippen molar-refractivity contribution in [3.05, 3.63) is 106 Å². The zero-order chi connectivity index (χ0) is 54.3. The van der Waals surface area contributed by atoms with Gasteiger partial charge in [0.25, 0.3) is 0 Å². The minimum absolute atomic E-state index is 0.00804. The maximum atomic E-state index is 15.9. The minimum atomic E-state index is -1.46. The lowest BCUT2D eigenvalue weighted by Gasteiger charge is -2.34. The van der Waals surface area contributed by atoms with Gasteiger partial charge in [0, 0.05) is 85.9 Å². The van der Waals surface area contributed by atoms with Gasteiger partial charge in [-0.1, -0.05) is 36.6 Å². The first-order valence-electron chi connectivity index (χ1n) is 26.4. The van der Waals surface area contributed by atoms with E-state index in [2.05, 4.69) is 37.7 Å². The van der Waals surface area contributed by atoms with E-state index in [0.29, 0.717) is 140 Å². The van der Waals surface area contributed by atoms with Gasteiger partial charge < -0.3 is 48.1 Å². The number of allylic oxidation sites excluding steroid dienone is 4. The summed E-state index contributed by atoms with van der Waals surface area (Å²) in [5.74, 6) is 2.74. The summed E-state index contributed by atoms with van der Waals surface area (Å²) in [6.07, 6.45) is 10.5. The van der Waals surface area contributed by atoms with Crippen molar-refractivity contribution in [1.29, 1.82) is 0 Å². The number of aromatic nitrogens is 4. The Balaban J connectivity index is 1.06. The number of rotatable bonds is 20. The van der Waals surface area contributed by atoms with E-state index in [1.54, 1.807) is 49.7 Å². The Labute approximate surface area is 458 Å². The summed E-state index contributed by atoms with van der Waals surface area (Å²) in [7, 11) is 3.74. The van der Waals surface area contributed by atoms with Gasteiger partial charge in [-0.2, -0.15) is 0 Å². The normalized spacial score (nSPS) is 23.0. The molecule has 2 bridgehead atoms. The van der Waals surface area contributed by atoms with E-state index < -0.39 is 17.7 Å². The summed E-state index contributed by atoms with van der Waals surface area (Å²) in [6.45, 7) is 11.1. The van der Waals surface area contributed by atoms with Crippen LogP contribution in [0.15, 0.2) is 77.2 Å². The fourth-order valence-electron chi connectivity index (χ4n) is 10.0. The number of alkyl halides is 1. The first-order chi connectivity index (χ1) is 37.3. The van der Waals surface area contributed by atoms with E-state index in [0.717, 1.165) is 47.8 Å². The standard InChI is InChI=1S/C58H69ClF2N6O9S/c1-6-40-30-39(33-67-22-20-66(4)21-23-67)34-74-46-12-13-48(75-35-45-16-19-62-54(65-45)42-14-17-58(61,18-15-42)36-73-29-28-72-27-26-71-25-24-70-5)43(31-46)32-49(57(68)69)76-55-51-50(47(7-2)38(3)52(40)59)53(77-56(51)64-37-63-55)41-8-10-44(60)11-9-41/h1,8-13,16,19,31,37,39,42,49H,7,14-15,17-18,20-30,32-36H2,2-5H3,(H,68,69)/b47-38+,52-40-/t39-,42?,49-,58?/m1/s1. The predicted octanol–water partition coefficient (Wildman–Crippen LogP) is 9.96. The summed E-state index contributed by atoms with van der Waals surface area (Å²) in [4.78, 5) is 38.1. The van der Waals surface area contributed by atoms with Gasteiger partial charge in [0.2, 0.25) is 12.0 Å². The van der Waals surface area contributed by atoms with E-state index in [4.69, 9.17) is 56.2 Å². The molecule has 2 atom stereocenters. The molecule has 5 heterocycles. The fraction of sp³-hybridized carbons (Fsp3) is 0.500. The first kappa shape index (κ1) is 57.6. The minimum Gasteiger partial charge on any atom is -0.493 e. The van der Waals surface area contributed by atoms with E-state index in [1.807, 2.05) is 13.8 Å². The van der Waals surface area contributed by atoms with Crippen molar-refractivity contribution in [3.8, 4) is 40.2 Å². The lowest BCUT2D eigenvalue weighted by molar-refractivity contribution is -0.145. The van der Waals surface area contributed by atoms with Gasteiger partial charge in [-0.25, -0.2) is 33.5 Å². The van der Waals surface area contributed by atoms with Crippen molar-refractivity contribution in [2.75, 3.05) is 99.7 Å². The molecule has 19 heteroatoms. The molecule has 0 unspecified atom stereocenters. The monoisotopic (exact) mass is 1100 g/mol. The molecule has 1 aliphatic carbocycles. The van der Waals surface area contributed by atoms with Crippen LogP contribution in [-0.2, 0) is 36.8 Å². The summed E-state index contributed by atoms with van der Waals surface area (Å²) in [5.41, 5.74) is 3.27. The maximum absolute atomic E-state index is 15.9. The Kier molecular flexibility index (Phi) is 20.8. The van der Waals surface area contributed by atoms with Gasteiger partial charge >= 0.3 is 5.97 Å². The number of carboxylic acids is 1. The van der Waals surface area contributed by atoms with Crippen molar-refractivity contribution in [2.45, 2.75) is 83.1 Å². The molecule has 15 nitrogen and oxygen atoms in total. The summed E-state index contributed by atoms with van der Waals surface area (Å²) in [5, 5.41) is 11.9. The van der Waals surface area contributed by atoms with Crippen LogP contribution < -0.4 is 14.2 Å². The van der Waals surface area contributed by atoms with Crippen LogP contribution in [-0.4, -0.2) is 152 Å². The van der Waals surface area contributed by atoms with Crippen molar-refractivity contribution in [3.63, 3.8) is 0 Å². The SMILES string of the molecule is C#C/C1=C(Cl)\C(C)=C(/CC)c2c(-c3ccc(F)cc3)sc3ncnc(c23)O[C@@H](C(=O)O)Cc2cc(ccc2OCc2ccnc(C3CCC(F)(COCCOCCOCCOC)CC3)n2)OC[C@@H](CN2CCN(C)CC2)C1. The number of nitrogens with zero attached hydrogens (tertiary/aromatic N) is 6. The van der Waals surface area contributed by atoms with E-state index in [1.165, 1.54) is 29.8 Å². The molecule has 1 saturated heterocycles. The quantitative estimate of drug-likeness (QED) is 0.0579. The highest BCUT2D eigenvalue weighted by molar-refractivity contribution is 7.22. The largest absolute Gasteiger partial charge is 0.493 e. The topological polar surface area (TPSA) is 160 Å². The van der Waals surface area contributed by atoms with Gasteiger partial charge in [-0.15, -0.1) is 17.8 Å². The van der Waals surface area contributed by atoms with Crippen LogP contribution in [0.1, 0.15) is 80.9 Å². The highest BCUT2D eigenvalue weighted by Crippen LogP contribution is 2.48. The van der Waals surface area contributed by atoms with Crippen molar-refractivity contribution < 1.29 is 51.8 Å². The number of halogens is 3. The number of carboxylic acid groups (broad SMARTS) is 1. The molecule has 1 saturated carbocycles. The van der Waals surface area contributed by atoms with Crippen LogP contribution in [0.4, 0.5) is 8.78 Å². The average Bonchev–Trinajstić information content (AvgIpc) is 3.84. The number of hydrogen-bond acceptors (Lipinski definition) is 15. The van der Waals surface area contributed by atoms with Crippen LogP contribution in [0.5, 0.6) is 17.4 Å². The molecule has 5 aromatic rings. The molecule has 1 N–H and O–H groups in total. The molecule has 0 spiro atoms. The molecule has 2 fully saturated rings. The molecule has 412 valence electrons. The van der Waals surface area contributed by atoms with E-state index in [-0.39, 0.29) is 49.8 Å². The molecule has 2 aromatic carbocycles. The zero-order valence-electron chi connectivity index (χ0n) is 44.4. The molecular formula is C58H69ClF2N6O9S. The van der Waals surface area contributed by atoms with Crippen LogP contribution in [0.3, 0.4) is 0 Å². The lowest BCUT2D eigenvalue weighted by Crippen LogP contribution is -2.46. The molecular weight excluding hydrogens is 1030 g/mol. The van der Waals surface area contributed by atoms with Gasteiger partial charge in [-0.3, -0.25) is 0 Å². The Morgan fingerprint density at radius 2 is 1.70 bits per heavy atom. The number of hydrogen-bond donors (Lipinski definition) is 1. The predicted molar refractivity (Wildman–Crippen MR) is 293 cm³/mol. The van der Waals surface area contributed by atoms with E-state index in [9.17, 15) is 14.3 Å². The number of likely N-dealkylation sites (N-methyl/N-ethyl adjacent to an activating group) is 1. The third kappa shape index (κ3) is 15.4. The number of benzene rings is 2. The van der Waals surface area contributed by atoms with Gasteiger partial charge in [0.05, 0.1) is 69.0 Å². The second-order valence-electron chi connectivity index (χ2n) is 19.9. The molecule has 0 radical (unpaired) electrons. The van der Waals surface area contributed by atoms with Crippen LogP contribution in [0.25, 0.3) is 26.2 Å². The lowest BCUT2D eigenvalue weighted by atomic mass is 9.80. The fourth-order valence-corrected chi connectivity index (χ4v) is 11.5. The third-order valence-corrected chi connectivity index (χ3v) is 16.0. The zero-order valence-corrected chi connectivity index (χ0v) is 45.9. The first-order valence-corrected chi connectivity index (χ1v) is 27.6. The summed E-state index contributed by atoms with van der Waals surface area (Å²) in [6, 6.07) is 13.3. The van der Waals surface area contributed by atoms with Crippen molar-refractivity contribution in [2.24, 2.45) is 5.92 Å². The Bertz CT molecular complexity index is 2880. The highest BCUT2D eigenvalue weighted by atomic mass is 35.5. The maximum Gasteiger partial charge on any atom is 0.345 e. The third-order valence-electron chi connectivity index (χ3n) is 14.4. The van der Waals surface area contributed by atoms with Crippen LogP contribution >= 0.6 is 22.9 Å². The van der Waals surface area contributed by atoms with Crippen molar-refractivity contribution in [1.82, 2.24) is 29.7 Å². The number of thiophene rings is 1. The van der Waals surface area contributed by atoms with E-state index >= 15 is 4.39 Å². The van der Waals surface area contributed by atoms with Gasteiger partial charge in [0.1, 0.15) is 46.6 Å². The number of piperazine rings is 1. The second kappa shape index (κ2) is 27.8. The number of aliphatic carboxylic acids is 1. The molecule has 0 amide bonds. The van der Waals surface area contributed by atoms with Gasteiger partial charge in [-0.05, 0) is 106 Å². The number of ether oxygens (including phenoxy) is 7. The second-order valence-corrected chi connectivity index (χ2v) is 21.2. The molecule has 8 rings (SSSR count). The molecule has 3 aromatic heterocycles. The Hall–Kier alpha value is -5.62. The highest BCUT2D eigenvalue weighted by Gasteiger charge is 2.37. The molecule has 77 heavy (non-hydrogen) atoms. The number of fused-ring (bicyclic) bond motifs is 2. The average molecular weight is 1100 g/mol. The summed E-state index contributed by atoms with van der Waals surface area (Å²) >= 11 is 8.80. The summed E-state index contributed by atoms with van der Waals surface area (Å²) < 4.78 is 71.5. The number of carbonyl (C=O) groups is 1. The van der Waals surface area contributed by atoms with Gasteiger partial charge in [0.15, 0.2) is 0 Å². The number of methoxy groups -OCH3 is 1.